The number of aromatic nitrogens is 4. The van der Waals surface area contributed by atoms with Gasteiger partial charge in [0.15, 0.2) is 5.65 Å². The molecule has 0 radical (unpaired) electrons. The minimum absolute atomic E-state index is 0.349. The van der Waals surface area contributed by atoms with Crippen LogP contribution in [0.4, 0.5) is 10.3 Å². The molecule has 0 saturated carbocycles. The summed E-state index contributed by atoms with van der Waals surface area (Å²) in [4.78, 5) is 19.8. The van der Waals surface area contributed by atoms with E-state index in [4.69, 9.17) is 16.3 Å². The van der Waals surface area contributed by atoms with Gasteiger partial charge < -0.3 is 9.64 Å². The maximum Gasteiger partial charge on any atom is 0.228 e. The lowest BCUT2D eigenvalue weighted by Gasteiger charge is -2.27. The van der Waals surface area contributed by atoms with Crippen molar-refractivity contribution < 1.29 is 9.13 Å². The first kappa shape index (κ1) is 22.0. The molecule has 32 heavy (non-hydrogen) atoms. The SMILES string of the molecule is Cc1ccc2c(-c3ccc(Cl)cc3F)nc(N3CCOCC3)nc2n1.Cc1ccccn1. The average molecular weight is 452 g/mol. The molecule has 0 unspecified atom stereocenters. The van der Waals surface area contributed by atoms with E-state index in [-0.39, 0.29) is 0 Å². The molecule has 1 fully saturated rings. The molecule has 8 heteroatoms. The average Bonchev–Trinajstić information content (AvgIpc) is 2.80. The Kier molecular flexibility index (Phi) is 6.87. The highest BCUT2D eigenvalue weighted by Crippen LogP contribution is 2.31. The van der Waals surface area contributed by atoms with Crippen LogP contribution in [-0.2, 0) is 4.74 Å². The van der Waals surface area contributed by atoms with Crippen molar-refractivity contribution in [2.75, 3.05) is 31.2 Å². The van der Waals surface area contributed by atoms with E-state index < -0.39 is 5.82 Å². The van der Waals surface area contributed by atoms with Crippen LogP contribution in [0.5, 0.6) is 0 Å². The molecule has 0 spiro atoms. The van der Waals surface area contributed by atoms with E-state index in [1.807, 2.05) is 49.1 Å². The fourth-order valence-electron chi connectivity index (χ4n) is 3.33. The molecule has 0 atom stereocenters. The van der Waals surface area contributed by atoms with Crippen molar-refractivity contribution in [3.8, 4) is 11.3 Å². The zero-order valence-corrected chi connectivity index (χ0v) is 18.7. The van der Waals surface area contributed by atoms with Gasteiger partial charge in [-0.25, -0.2) is 14.4 Å². The lowest BCUT2D eigenvalue weighted by atomic mass is 10.1. The topological polar surface area (TPSA) is 64.0 Å². The number of hydrogen-bond acceptors (Lipinski definition) is 6. The number of anilines is 1. The maximum atomic E-state index is 14.5. The van der Waals surface area contributed by atoms with Crippen molar-refractivity contribution >= 4 is 28.6 Å². The summed E-state index contributed by atoms with van der Waals surface area (Å²) in [6.07, 6.45) is 1.79. The van der Waals surface area contributed by atoms with Crippen LogP contribution in [0.3, 0.4) is 0 Å². The van der Waals surface area contributed by atoms with Gasteiger partial charge >= 0.3 is 0 Å². The standard InChI is InChI=1S/C18H16ClFN4O.C6H7N/c1-11-2-4-14-16(13-5-3-12(19)10-15(13)20)22-18(23-17(14)21-11)24-6-8-25-9-7-24;1-6-4-2-3-5-7-6/h2-5,10H,6-9H2,1H3;2-5H,1H3. The van der Waals surface area contributed by atoms with Crippen molar-refractivity contribution in [3.05, 3.63) is 77.0 Å². The fraction of sp³-hybridized carbons (Fsp3) is 0.250. The Hall–Kier alpha value is -3.16. The molecule has 0 amide bonds. The highest BCUT2D eigenvalue weighted by atomic mass is 35.5. The number of benzene rings is 1. The van der Waals surface area contributed by atoms with Crippen molar-refractivity contribution in [2.24, 2.45) is 0 Å². The predicted octanol–water partition coefficient (Wildman–Crippen LogP) is 5.02. The summed E-state index contributed by atoms with van der Waals surface area (Å²) in [5, 5.41) is 1.06. The van der Waals surface area contributed by atoms with Gasteiger partial charge in [0.25, 0.3) is 0 Å². The first-order valence-electron chi connectivity index (χ1n) is 10.3. The predicted molar refractivity (Wildman–Crippen MR) is 124 cm³/mol. The second kappa shape index (κ2) is 9.97. The number of halogens is 2. The van der Waals surface area contributed by atoms with Crippen LogP contribution in [-0.4, -0.2) is 46.2 Å². The molecule has 5 rings (SSSR count). The first-order chi connectivity index (χ1) is 15.5. The second-order valence-corrected chi connectivity index (χ2v) is 7.83. The van der Waals surface area contributed by atoms with Crippen LogP contribution in [0.15, 0.2) is 54.7 Å². The molecular weight excluding hydrogens is 429 g/mol. The molecule has 1 saturated heterocycles. The summed E-state index contributed by atoms with van der Waals surface area (Å²) in [7, 11) is 0. The molecule has 0 N–H and O–H groups in total. The monoisotopic (exact) mass is 451 g/mol. The van der Waals surface area contributed by atoms with Gasteiger partial charge in [0, 0.05) is 46.6 Å². The van der Waals surface area contributed by atoms with Gasteiger partial charge in [0.05, 0.1) is 18.9 Å². The molecule has 1 aliphatic rings. The van der Waals surface area contributed by atoms with Crippen molar-refractivity contribution in [1.82, 2.24) is 19.9 Å². The van der Waals surface area contributed by atoms with E-state index in [2.05, 4.69) is 19.9 Å². The summed E-state index contributed by atoms with van der Waals surface area (Å²) in [6, 6.07) is 14.2. The number of fused-ring (bicyclic) bond motifs is 1. The Morgan fingerprint density at radius 2 is 1.75 bits per heavy atom. The molecular formula is C24H23ClFN5O. The Bertz CT molecular complexity index is 1220. The van der Waals surface area contributed by atoms with E-state index in [1.165, 1.54) is 6.07 Å². The van der Waals surface area contributed by atoms with Crippen molar-refractivity contribution in [1.29, 1.82) is 0 Å². The summed E-state index contributed by atoms with van der Waals surface area (Å²) < 4.78 is 19.9. The summed E-state index contributed by atoms with van der Waals surface area (Å²) in [6.45, 7) is 6.50. The number of morpholine rings is 1. The number of ether oxygens (including phenoxy) is 1. The molecule has 4 aromatic rings. The van der Waals surface area contributed by atoms with Gasteiger partial charge in [-0.15, -0.1) is 0 Å². The second-order valence-electron chi connectivity index (χ2n) is 7.39. The minimum Gasteiger partial charge on any atom is -0.378 e. The van der Waals surface area contributed by atoms with Gasteiger partial charge in [-0.1, -0.05) is 17.7 Å². The van der Waals surface area contributed by atoms with Crippen LogP contribution in [0.1, 0.15) is 11.4 Å². The summed E-state index contributed by atoms with van der Waals surface area (Å²) >= 11 is 5.89. The molecule has 3 aromatic heterocycles. The van der Waals surface area contributed by atoms with Gasteiger partial charge in [-0.05, 0) is 56.3 Å². The third kappa shape index (κ3) is 5.18. The lowest BCUT2D eigenvalue weighted by Crippen LogP contribution is -2.37. The smallest absolute Gasteiger partial charge is 0.228 e. The highest BCUT2D eigenvalue weighted by molar-refractivity contribution is 6.30. The summed E-state index contributed by atoms with van der Waals surface area (Å²) in [5.74, 6) is 0.124. The maximum absolute atomic E-state index is 14.5. The van der Waals surface area contributed by atoms with E-state index >= 15 is 0 Å². The zero-order valence-electron chi connectivity index (χ0n) is 17.9. The van der Waals surface area contributed by atoms with Gasteiger partial charge in [-0.3, -0.25) is 4.98 Å². The highest BCUT2D eigenvalue weighted by Gasteiger charge is 2.19. The molecule has 0 bridgehead atoms. The van der Waals surface area contributed by atoms with Crippen LogP contribution in [0.25, 0.3) is 22.3 Å². The van der Waals surface area contributed by atoms with Crippen LogP contribution in [0, 0.1) is 19.7 Å². The molecule has 1 aromatic carbocycles. The number of hydrogen-bond donors (Lipinski definition) is 0. The minimum atomic E-state index is -0.416. The number of aryl methyl sites for hydroxylation is 2. The number of nitrogens with zero attached hydrogens (tertiary/aromatic N) is 5. The Balaban J connectivity index is 0.000000300. The van der Waals surface area contributed by atoms with E-state index in [9.17, 15) is 4.39 Å². The quantitative estimate of drug-likeness (QED) is 0.426. The Morgan fingerprint density at radius 1 is 0.938 bits per heavy atom. The molecule has 6 nitrogen and oxygen atoms in total. The van der Waals surface area contributed by atoms with Gasteiger partial charge in [0.2, 0.25) is 5.95 Å². The number of rotatable bonds is 2. The Morgan fingerprint density at radius 3 is 2.41 bits per heavy atom. The van der Waals surface area contributed by atoms with E-state index in [0.717, 1.165) is 11.4 Å². The molecule has 1 aliphatic heterocycles. The van der Waals surface area contributed by atoms with Crippen LogP contribution >= 0.6 is 11.6 Å². The largest absolute Gasteiger partial charge is 0.378 e. The zero-order chi connectivity index (χ0) is 22.5. The van der Waals surface area contributed by atoms with Crippen LogP contribution in [0.2, 0.25) is 5.02 Å². The number of pyridine rings is 2. The summed E-state index contributed by atoms with van der Waals surface area (Å²) in [5.41, 5.74) is 3.38. The third-order valence-electron chi connectivity index (χ3n) is 4.98. The Labute approximate surface area is 191 Å². The molecule has 0 aliphatic carbocycles. The van der Waals surface area contributed by atoms with E-state index in [0.29, 0.717) is 59.6 Å². The van der Waals surface area contributed by atoms with Crippen LogP contribution < -0.4 is 4.90 Å². The van der Waals surface area contributed by atoms with E-state index in [1.54, 1.807) is 18.3 Å². The van der Waals surface area contributed by atoms with Crippen molar-refractivity contribution in [2.45, 2.75) is 13.8 Å². The first-order valence-corrected chi connectivity index (χ1v) is 10.7. The lowest BCUT2D eigenvalue weighted by molar-refractivity contribution is 0.122. The van der Waals surface area contributed by atoms with Gasteiger partial charge in [0.1, 0.15) is 5.82 Å². The molecule has 164 valence electrons. The molecule has 4 heterocycles. The fourth-order valence-corrected chi connectivity index (χ4v) is 3.49. The van der Waals surface area contributed by atoms with Gasteiger partial charge in [-0.2, -0.15) is 4.98 Å². The normalized spacial score (nSPS) is 13.6. The van der Waals surface area contributed by atoms with Crippen molar-refractivity contribution in [3.63, 3.8) is 0 Å². The third-order valence-corrected chi connectivity index (χ3v) is 5.22.